The average molecular weight is 482 g/mol. The highest BCUT2D eigenvalue weighted by atomic mass is 32.2. The van der Waals surface area contributed by atoms with Crippen LogP contribution in [0.5, 0.6) is 5.75 Å². The van der Waals surface area contributed by atoms with E-state index in [-0.39, 0.29) is 16.2 Å². The van der Waals surface area contributed by atoms with Crippen molar-refractivity contribution in [3.63, 3.8) is 0 Å². The van der Waals surface area contributed by atoms with Crippen LogP contribution in [0.25, 0.3) is 10.9 Å². The lowest BCUT2D eigenvalue weighted by atomic mass is 10.2. The molecule has 1 aromatic heterocycles. The molecule has 0 aliphatic rings. The summed E-state index contributed by atoms with van der Waals surface area (Å²) < 4.78 is 46.2. The molecule has 4 aromatic rings. The molecular weight excluding hydrogens is 463 g/mol. The second-order valence-corrected chi connectivity index (χ2v) is 8.87. The number of carbonyl (C=O) groups excluding carboxylic acids is 2. The monoisotopic (exact) mass is 482 g/mol. The fourth-order valence-electron chi connectivity index (χ4n) is 3.16. The number of benzene rings is 3. The van der Waals surface area contributed by atoms with Crippen LogP contribution in [0.15, 0.2) is 77.7 Å². The molecule has 0 aliphatic carbocycles. The third-order valence-electron chi connectivity index (χ3n) is 4.87. The van der Waals surface area contributed by atoms with Crippen molar-refractivity contribution in [1.82, 2.24) is 15.8 Å². The van der Waals surface area contributed by atoms with E-state index < -0.39 is 27.7 Å². The largest absolute Gasteiger partial charge is 0.497 e. The fraction of sp³-hybridized carbons (Fsp3) is 0.0435. The number of anilines is 1. The maximum absolute atomic E-state index is 13.3. The fourth-order valence-corrected chi connectivity index (χ4v) is 4.26. The van der Waals surface area contributed by atoms with Crippen LogP contribution in [0.2, 0.25) is 0 Å². The highest BCUT2D eigenvalue weighted by Crippen LogP contribution is 2.20. The van der Waals surface area contributed by atoms with Gasteiger partial charge in [-0.3, -0.25) is 25.2 Å². The number of sulfonamides is 1. The predicted molar refractivity (Wildman–Crippen MR) is 123 cm³/mol. The van der Waals surface area contributed by atoms with Crippen LogP contribution in [-0.2, 0) is 10.0 Å². The number of methoxy groups -OCH3 is 1. The van der Waals surface area contributed by atoms with Crippen molar-refractivity contribution in [3.05, 3.63) is 89.9 Å². The van der Waals surface area contributed by atoms with E-state index >= 15 is 0 Å². The minimum absolute atomic E-state index is 0.0108. The van der Waals surface area contributed by atoms with Crippen LogP contribution in [-0.4, -0.2) is 32.3 Å². The molecule has 34 heavy (non-hydrogen) atoms. The Morgan fingerprint density at radius 3 is 2.38 bits per heavy atom. The lowest BCUT2D eigenvalue weighted by Crippen LogP contribution is -2.41. The van der Waals surface area contributed by atoms with Crippen LogP contribution in [0.4, 0.5) is 10.1 Å². The summed E-state index contributed by atoms with van der Waals surface area (Å²) in [6.07, 6.45) is 0. The van der Waals surface area contributed by atoms with E-state index in [4.69, 9.17) is 4.74 Å². The van der Waals surface area contributed by atoms with Gasteiger partial charge in [-0.1, -0.05) is 6.07 Å². The molecule has 4 N–H and O–H groups in total. The van der Waals surface area contributed by atoms with Crippen molar-refractivity contribution in [2.45, 2.75) is 4.90 Å². The number of halogens is 1. The van der Waals surface area contributed by atoms with Gasteiger partial charge in [0.1, 0.15) is 17.3 Å². The van der Waals surface area contributed by atoms with E-state index in [9.17, 15) is 22.4 Å². The number of aromatic nitrogens is 1. The van der Waals surface area contributed by atoms with Gasteiger partial charge in [-0.05, 0) is 66.7 Å². The second-order valence-electron chi connectivity index (χ2n) is 7.18. The van der Waals surface area contributed by atoms with Crippen molar-refractivity contribution in [2.75, 3.05) is 11.8 Å². The van der Waals surface area contributed by atoms with Gasteiger partial charge in [-0.25, -0.2) is 12.8 Å². The van der Waals surface area contributed by atoms with Gasteiger partial charge in [0.15, 0.2) is 0 Å². The Labute approximate surface area is 194 Å². The molecular formula is C23H19FN4O5S. The zero-order valence-corrected chi connectivity index (χ0v) is 18.6. The van der Waals surface area contributed by atoms with Crippen LogP contribution in [0.3, 0.4) is 0 Å². The summed E-state index contributed by atoms with van der Waals surface area (Å²) in [7, 11) is -2.48. The Bertz CT molecular complexity index is 1480. The molecule has 2 amide bonds. The molecule has 0 spiro atoms. The van der Waals surface area contributed by atoms with Gasteiger partial charge in [-0.2, -0.15) is 0 Å². The maximum Gasteiger partial charge on any atom is 0.286 e. The summed E-state index contributed by atoms with van der Waals surface area (Å²) in [4.78, 5) is 27.5. The average Bonchev–Trinajstić information content (AvgIpc) is 3.26. The normalized spacial score (nSPS) is 11.1. The Morgan fingerprint density at radius 2 is 1.65 bits per heavy atom. The Hall–Kier alpha value is -4.38. The topological polar surface area (TPSA) is 129 Å². The number of nitrogens with one attached hydrogen (secondary N) is 4. The van der Waals surface area contributed by atoms with Crippen LogP contribution < -0.4 is 20.3 Å². The molecule has 4 rings (SSSR count). The van der Waals surface area contributed by atoms with Gasteiger partial charge in [0.25, 0.3) is 21.8 Å². The van der Waals surface area contributed by atoms with E-state index in [1.54, 1.807) is 24.3 Å². The predicted octanol–water partition coefficient (Wildman–Crippen LogP) is 3.19. The van der Waals surface area contributed by atoms with E-state index in [0.29, 0.717) is 22.3 Å². The van der Waals surface area contributed by atoms with Gasteiger partial charge in [-0.15, -0.1) is 0 Å². The number of hydrazine groups is 1. The molecule has 1 heterocycles. The number of carbonyl (C=O) groups is 2. The summed E-state index contributed by atoms with van der Waals surface area (Å²) in [5.41, 5.74) is 5.47. The number of amides is 2. The second kappa shape index (κ2) is 9.24. The van der Waals surface area contributed by atoms with Crippen LogP contribution in [0, 0.1) is 5.82 Å². The number of hydrogen-bond donors (Lipinski definition) is 4. The molecule has 0 radical (unpaired) electrons. The van der Waals surface area contributed by atoms with Gasteiger partial charge in [0, 0.05) is 22.2 Å². The number of ether oxygens (including phenoxy) is 1. The van der Waals surface area contributed by atoms with E-state index in [1.165, 1.54) is 55.6 Å². The summed E-state index contributed by atoms with van der Waals surface area (Å²) in [5.74, 6) is -1.25. The molecule has 0 saturated heterocycles. The molecule has 0 aliphatic heterocycles. The van der Waals surface area contributed by atoms with Crippen molar-refractivity contribution in [2.24, 2.45) is 0 Å². The number of rotatable bonds is 6. The molecule has 0 atom stereocenters. The van der Waals surface area contributed by atoms with Gasteiger partial charge >= 0.3 is 0 Å². The molecule has 0 unspecified atom stereocenters. The smallest absolute Gasteiger partial charge is 0.286 e. The molecule has 174 valence electrons. The number of H-pyrrole nitrogens is 1. The lowest BCUT2D eigenvalue weighted by molar-refractivity contribution is 0.0844. The third-order valence-corrected chi connectivity index (χ3v) is 6.24. The van der Waals surface area contributed by atoms with Gasteiger partial charge in [0.05, 0.1) is 12.0 Å². The first-order valence-corrected chi connectivity index (χ1v) is 11.4. The van der Waals surface area contributed by atoms with Crippen LogP contribution in [0.1, 0.15) is 20.8 Å². The highest BCUT2D eigenvalue weighted by molar-refractivity contribution is 7.92. The summed E-state index contributed by atoms with van der Waals surface area (Å²) in [5, 5.41) is 0.499. The summed E-state index contributed by atoms with van der Waals surface area (Å²) in [6, 6.07) is 17.1. The van der Waals surface area contributed by atoms with E-state index in [0.717, 1.165) is 0 Å². The third kappa shape index (κ3) is 4.99. The summed E-state index contributed by atoms with van der Waals surface area (Å²) in [6.45, 7) is 0. The quantitative estimate of drug-likeness (QED) is 0.314. The number of hydrogen-bond acceptors (Lipinski definition) is 5. The Morgan fingerprint density at radius 1 is 0.912 bits per heavy atom. The zero-order valence-electron chi connectivity index (χ0n) is 17.8. The van der Waals surface area contributed by atoms with Crippen molar-refractivity contribution in [3.8, 4) is 5.75 Å². The minimum atomic E-state index is -3.98. The van der Waals surface area contributed by atoms with E-state index in [2.05, 4.69) is 20.6 Å². The SMILES string of the molecule is COc1ccc(NS(=O)(=O)c2cccc(C(=O)NNC(=O)c3cc4cc(F)ccc4[nH]3)c2)cc1. The highest BCUT2D eigenvalue weighted by Gasteiger charge is 2.17. The van der Waals surface area contributed by atoms with Gasteiger partial charge in [0.2, 0.25) is 0 Å². The van der Waals surface area contributed by atoms with Gasteiger partial charge < -0.3 is 9.72 Å². The van der Waals surface area contributed by atoms with Crippen LogP contribution >= 0.6 is 0 Å². The van der Waals surface area contributed by atoms with E-state index in [1.807, 2.05) is 0 Å². The molecule has 0 fully saturated rings. The zero-order chi connectivity index (χ0) is 24.3. The first-order valence-electron chi connectivity index (χ1n) is 9.91. The molecule has 9 nitrogen and oxygen atoms in total. The Balaban J connectivity index is 1.43. The Kier molecular flexibility index (Phi) is 6.19. The molecule has 3 aromatic carbocycles. The van der Waals surface area contributed by atoms with Crippen molar-refractivity contribution < 1.29 is 27.1 Å². The summed E-state index contributed by atoms with van der Waals surface area (Å²) >= 11 is 0. The standard InChI is InChI=1S/C23H19FN4O5S/c1-33-18-8-6-17(7-9-18)28-34(31,32)19-4-2-3-14(12-19)22(29)26-27-23(30)21-13-15-11-16(24)5-10-20(15)25-21/h2-13,25,28H,1H3,(H,26,29)(H,27,30). The first kappa shape index (κ1) is 22.8. The molecule has 11 heteroatoms. The molecule has 0 bridgehead atoms. The number of aromatic amines is 1. The first-order chi connectivity index (χ1) is 16.2. The molecule has 0 saturated carbocycles. The maximum atomic E-state index is 13.3. The van der Waals surface area contributed by atoms with Crippen molar-refractivity contribution >= 4 is 38.4 Å². The number of fused-ring (bicyclic) bond motifs is 1. The van der Waals surface area contributed by atoms with Crippen molar-refractivity contribution in [1.29, 1.82) is 0 Å². The lowest BCUT2D eigenvalue weighted by Gasteiger charge is -2.10. The minimum Gasteiger partial charge on any atom is -0.497 e.